The quantitative estimate of drug-likeness (QED) is 0.303. The van der Waals surface area contributed by atoms with E-state index >= 15 is 0 Å². The van der Waals surface area contributed by atoms with Gasteiger partial charge < -0.3 is 4.74 Å². The topological polar surface area (TPSA) is 9.23 Å². The highest BCUT2D eigenvalue weighted by Crippen LogP contribution is 2.31. The summed E-state index contributed by atoms with van der Waals surface area (Å²) >= 11 is 0. The standard InChI is InChI=1S/C29H38O/c1-3-5-6-7-23-30-29-21-19-28(20-22-29)27-17-15-26(16-18-27)14-13-25-11-9-24(8-4-2)10-12-25/h15-22,24-25H,3-12,23H2,1-2H3/t24-,25-. The fourth-order valence-electron chi connectivity index (χ4n) is 4.40. The van der Waals surface area contributed by atoms with Crippen molar-refractivity contribution in [3.05, 3.63) is 54.1 Å². The molecule has 0 aliphatic heterocycles. The van der Waals surface area contributed by atoms with Crippen LogP contribution >= 0.6 is 0 Å². The molecule has 0 saturated heterocycles. The highest BCUT2D eigenvalue weighted by atomic mass is 16.5. The van der Waals surface area contributed by atoms with E-state index in [0.717, 1.165) is 30.3 Å². The van der Waals surface area contributed by atoms with Crippen molar-refractivity contribution in [2.24, 2.45) is 11.8 Å². The number of hydrogen-bond acceptors (Lipinski definition) is 1. The summed E-state index contributed by atoms with van der Waals surface area (Å²) in [6, 6.07) is 17.1. The number of unbranched alkanes of at least 4 members (excludes halogenated alkanes) is 3. The molecule has 1 heteroatoms. The van der Waals surface area contributed by atoms with E-state index in [0.29, 0.717) is 5.92 Å². The lowest BCUT2D eigenvalue weighted by atomic mass is 9.80. The van der Waals surface area contributed by atoms with Crippen LogP contribution in [0.1, 0.15) is 83.6 Å². The van der Waals surface area contributed by atoms with Gasteiger partial charge in [0.15, 0.2) is 0 Å². The van der Waals surface area contributed by atoms with Crippen LogP contribution in [0.4, 0.5) is 0 Å². The molecule has 30 heavy (non-hydrogen) atoms. The molecule has 1 nitrogen and oxygen atoms in total. The minimum atomic E-state index is 0.590. The van der Waals surface area contributed by atoms with Gasteiger partial charge in [0.05, 0.1) is 6.61 Å². The summed E-state index contributed by atoms with van der Waals surface area (Å²) in [4.78, 5) is 0. The number of rotatable bonds is 9. The Morgan fingerprint density at radius 2 is 1.43 bits per heavy atom. The smallest absolute Gasteiger partial charge is 0.119 e. The number of benzene rings is 2. The van der Waals surface area contributed by atoms with E-state index in [-0.39, 0.29) is 0 Å². The lowest BCUT2D eigenvalue weighted by molar-refractivity contribution is 0.300. The second-order valence-corrected chi connectivity index (χ2v) is 8.79. The number of ether oxygens (including phenoxy) is 1. The molecule has 0 unspecified atom stereocenters. The van der Waals surface area contributed by atoms with Crippen molar-refractivity contribution in [2.45, 2.75) is 78.1 Å². The molecule has 0 N–H and O–H groups in total. The summed E-state index contributed by atoms with van der Waals surface area (Å²) in [5, 5.41) is 0. The van der Waals surface area contributed by atoms with Gasteiger partial charge in [-0.25, -0.2) is 0 Å². The van der Waals surface area contributed by atoms with Crippen LogP contribution in [0.3, 0.4) is 0 Å². The molecule has 1 saturated carbocycles. The summed E-state index contributed by atoms with van der Waals surface area (Å²) < 4.78 is 5.85. The van der Waals surface area contributed by atoms with Crippen molar-refractivity contribution in [2.75, 3.05) is 6.61 Å². The van der Waals surface area contributed by atoms with Gasteiger partial charge in [0.25, 0.3) is 0 Å². The van der Waals surface area contributed by atoms with Crippen LogP contribution in [0, 0.1) is 23.7 Å². The van der Waals surface area contributed by atoms with Crippen molar-refractivity contribution in [3.8, 4) is 28.7 Å². The lowest BCUT2D eigenvalue weighted by Gasteiger charge is -2.25. The van der Waals surface area contributed by atoms with Crippen LogP contribution < -0.4 is 4.74 Å². The average Bonchev–Trinajstić information content (AvgIpc) is 2.79. The van der Waals surface area contributed by atoms with Crippen LogP contribution in [0.15, 0.2) is 48.5 Å². The summed E-state index contributed by atoms with van der Waals surface area (Å²) in [7, 11) is 0. The first-order valence-electron chi connectivity index (χ1n) is 12.1. The van der Waals surface area contributed by atoms with Gasteiger partial charge in [-0.2, -0.15) is 0 Å². The molecule has 2 aromatic rings. The lowest BCUT2D eigenvalue weighted by Crippen LogP contribution is -2.13. The SMILES string of the molecule is CCCCCCOc1ccc(-c2ccc(C#C[C@H]3CC[C@H](CCC)CC3)cc2)cc1. The van der Waals surface area contributed by atoms with E-state index in [4.69, 9.17) is 4.74 Å². The Hall–Kier alpha value is -2.20. The Morgan fingerprint density at radius 1 is 0.767 bits per heavy atom. The first-order valence-corrected chi connectivity index (χ1v) is 12.1. The molecule has 1 fully saturated rings. The van der Waals surface area contributed by atoms with E-state index in [2.05, 4.69) is 74.2 Å². The highest BCUT2D eigenvalue weighted by Gasteiger charge is 2.18. The summed E-state index contributed by atoms with van der Waals surface area (Å²) in [6.07, 6.45) is 13.0. The molecule has 0 radical (unpaired) electrons. The number of hydrogen-bond donors (Lipinski definition) is 0. The summed E-state index contributed by atoms with van der Waals surface area (Å²) in [5.41, 5.74) is 3.58. The Bertz CT molecular complexity index is 783. The zero-order valence-corrected chi connectivity index (χ0v) is 19.0. The third-order valence-corrected chi connectivity index (χ3v) is 6.30. The molecule has 1 aliphatic rings. The molecular weight excluding hydrogens is 364 g/mol. The van der Waals surface area contributed by atoms with E-state index in [1.54, 1.807) is 0 Å². The molecule has 0 aromatic heterocycles. The zero-order chi connectivity index (χ0) is 21.0. The predicted octanol–water partition coefficient (Wildman–Crippen LogP) is 8.27. The monoisotopic (exact) mass is 402 g/mol. The Labute approximate surface area is 184 Å². The van der Waals surface area contributed by atoms with E-state index < -0.39 is 0 Å². The van der Waals surface area contributed by atoms with E-state index in [1.807, 2.05) is 0 Å². The van der Waals surface area contributed by atoms with Gasteiger partial charge in [0.2, 0.25) is 0 Å². The fourth-order valence-corrected chi connectivity index (χ4v) is 4.40. The third-order valence-electron chi connectivity index (χ3n) is 6.30. The van der Waals surface area contributed by atoms with Crippen LogP contribution in [-0.2, 0) is 0 Å². The molecule has 160 valence electrons. The van der Waals surface area contributed by atoms with Gasteiger partial charge in [-0.3, -0.25) is 0 Å². The average molecular weight is 403 g/mol. The minimum absolute atomic E-state index is 0.590. The first-order chi connectivity index (χ1) is 14.8. The van der Waals surface area contributed by atoms with Crippen LogP contribution in [0.2, 0.25) is 0 Å². The van der Waals surface area contributed by atoms with E-state index in [9.17, 15) is 0 Å². The highest BCUT2D eigenvalue weighted by molar-refractivity contribution is 5.65. The van der Waals surface area contributed by atoms with Crippen molar-refractivity contribution in [1.29, 1.82) is 0 Å². The molecule has 0 heterocycles. The van der Waals surface area contributed by atoms with E-state index in [1.165, 1.54) is 68.9 Å². The van der Waals surface area contributed by atoms with Gasteiger partial charge in [-0.05, 0) is 73.4 Å². The van der Waals surface area contributed by atoms with Crippen LogP contribution in [-0.4, -0.2) is 6.61 Å². The van der Waals surface area contributed by atoms with Crippen molar-refractivity contribution >= 4 is 0 Å². The van der Waals surface area contributed by atoms with Crippen LogP contribution in [0.5, 0.6) is 5.75 Å². The van der Waals surface area contributed by atoms with Gasteiger partial charge in [0, 0.05) is 11.5 Å². The Kier molecular flexibility index (Phi) is 9.36. The second-order valence-electron chi connectivity index (χ2n) is 8.79. The van der Waals surface area contributed by atoms with Crippen molar-refractivity contribution in [3.63, 3.8) is 0 Å². The normalized spacial score (nSPS) is 18.5. The molecule has 0 atom stereocenters. The molecular formula is C29H38O. The fraction of sp³-hybridized carbons (Fsp3) is 0.517. The summed E-state index contributed by atoms with van der Waals surface area (Å²) in [5.74, 6) is 9.45. The Morgan fingerprint density at radius 3 is 2.07 bits per heavy atom. The molecule has 0 spiro atoms. The van der Waals surface area contributed by atoms with Crippen LogP contribution in [0.25, 0.3) is 11.1 Å². The van der Waals surface area contributed by atoms with Gasteiger partial charge >= 0.3 is 0 Å². The summed E-state index contributed by atoms with van der Waals surface area (Å²) in [6.45, 7) is 5.35. The molecule has 3 rings (SSSR count). The molecule has 2 aromatic carbocycles. The molecule has 0 bridgehead atoms. The predicted molar refractivity (Wildman–Crippen MR) is 129 cm³/mol. The second kappa shape index (κ2) is 12.5. The molecule has 0 amide bonds. The van der Waals surface area contributed by atoms with Gasteiger partial charge in [0.1, 0.15) is 5.75 Å². The maximum Gasteiger partial charge on any atom is 0.119 e. The maximum absolute atomic E-state index is 5.85. The third kappa shape index (κ3) is 7.24. The van der Waals surface area contributed by atoms with Crippen molar-refractivity contribution < 1.29 is 4.74 Å². The molecule has 1 aliphatic carbocycles. The zero-order valence-electron chi connectivity index (χ0n) is 19.0. The maximum atomic E-state index is 5.85. The Balaban J connectivity index is 1.49. The van der Waals surface area contributed by atoms with Crippen molar-refractivity contribution in [1.82, 2.24) is 0 Å². The first kappa shape index (κ1) is 22.5. The largest absolute Gasteiger partial charge is 0.494 e. The van der Waals surface area contributed by atoms with Gasteiger partial charge in [-0.15, -0.1) is 0 Å². The minimum Gasteiger partial charge on any atom is -0.494 e. The van der Waals surface area contributed by atoms with Gasteiger partial charge in [-0.1, -0.05) is 82.1 Å².